The highest BCUT2D eigenvalue weighted by molar-refractivity contribution is 7.09. The number of anilines is 9. The van der Waals surface area contributed by atoms with E-state index in [2.05, 4.69) is 309 Å². The monoisotopic (exact) mass is 971 g/mol. The van der Waals surface area contributed by atoms with Crippen molar-refractivity contribution in [3.8, 4) is 55.6 Å². The van der Waals surface area contributed by atoms with Crippen LogP contribution >= 0.6 is 22.7 Å². The lowest BCUT2D eigenvalue weighted by Gasteiger charge is -2.30. The van der Waals surface area contributed by atoms with E-state index in [0.717, 1.165) is 62.3 Å². The average molecular weight is 972 g/mol. The molecule has 73 heavy (non-hydrogen) atoms. The maximum atomic E-state index is 2.46. The van der Waals surface area contributed by atoms with E-state index in [1.54, 1.807) is 22.7 Å². The summed E-state index contributed by atoms with van der Waals surface area (Å²) in [5, 5.41) is 9.20. The molecule has 0 amide bonds. The Bertz CT molecular complexity index is 3420. The molecule has 2 heterocycles. The molecular formula is C68H49N3S2. The van der Waals surface area contributed by atoms with E-state index in [4.69, 9.17) is 0 Å². The number of rotatable bonds is 14. The van der Waals surface area contributed by atoms with Crippen molar-refractivity contribution < 1.29 is 0 Å². The van der Waals surface area contributed by atoms with Gasteiger partial charge in [-0.15, -0.1) is 0 Å². The predicted octanol–water partition coefficient (Wildman–Crippen LogP) is 20.6. The lowest BCUT2D eigenvalue weighted by Crippen LogP contribution is -2.12. The zero-order valence-corrected chi connectivity index (χ0v) is 41.6. The number of nitrogens with zero attached hydrogens (tertiary/aromatic N) is 3. The first-order valence-electron chi connectivity index (χ1n) is 24.5. The topological polar surface area (TPSA) is 9.72 Å². The van der Waals surface area contributed by atoms with Crippen LogP contribution in [0.2, 0.25) is 0 Å². The van der Waals surface area contributed by atoms with Crippen molar-refractivity contribution in [1.82, 2.24) is 0 Å². The van der Waals surface area contributed by atoms with Crippen LogP contribution in [0.15, 0.2) is 295 Å². The first-order valence-corrected chi connectivity index (χ1v) is 26.4. The van der Waals surface area contributed by atoms with Crippen molar-refractivity contribution in [3.05, 3.63) is 295 Å². The number of para-hydroxylation sites is 6. The van der Waals surface area contributed by atoms with E-state index in [9.17, 15) is 0 Å². The van der Waals surface area contributed by atoms with Gasteiger partial charge in [-0.1, -0.05) is 176 Å². The van der Waals surface area contributed by atoms with Crippen LogP contribution in [0.4, 0.5) is 51.2 Å². The fourth-order valence-electron chi connectivity index (χ4n) is 9.88. The Balaban J connectivity index is 0.948. The van der Waals surface area contributed by atoms with Crippen LogP contribution in [0.25, 0.3) is 55.6 Å². The Labute approximate surface area is 436 Å². The Morgan fingerprint density at radius 2 is 0.438 bits per heavy atom. The first kappa shape index (κ1) is 45.2. The van der Waals surface area contributed by atoms with Crippen molar-refractivity contribution in [2.75, 3.05) is 14.7 Å². The third-order valence-corrected chi connectivity index (χ3v) is 14.8. The van der Waals surface area contributed by atoms with Crippen LogP contribution in [0.5, 0.6) is 0 Å². The lowest BCUT2D eigenvalue weighted by molar-refractivity contribution is 1.28. The summed E-state index contributed by atoms with van der Waals surface area (Å²) >= 11 is 3.48. The van der Waals surface area contributed by atoms with E-state index < -0.39 is 0 Å². The lowest BCUT2D eigenvalue weighted by atomic mass is 9.94. The van der Waals surface area contributed by atoms with Crippen molar-refractivity contribution in [1.29, 1.82) is 0 Å². The molecule has 5 heteroatoms. The van der Waals surface area contributed by atoms with Gasteiger partial charge in [-0.3, -0.25) is 0 Å². The fraction of sp³-hybridized carbons (Fsp3) is 0. The molecule has 12 aromatic rings. The Hall–Kier alpha value is -9.00. The van der Waals surface area contributed by atoms with E-state index in [1.165, 1.54) is 44.5 Å². The minimum Gasteiger partial charge on any atom is -0.311 e. The number of benzene rings is 10. The third kappa shape index (κ3) is 9.27. The molecule has 0 fully saturated rings. The van der Waals surface area contributed by atoms with E-state index >= 15 is 0 Å². The zero-order valence-electron chi connectivity index (χ0n) is 39.9. The molecule has 348 valence electrons. The Morgan fingerprint density at radius 3 is 0.808 bits per heavy atom. The minimum atomic E-state index is 1.07. The molecule has 10 aromatic carbocycles. The van der Waals surface area contributed by atoms with Gasteiger partial charge in [0.05, 0.1) is 11.4 Å². The van der Waals surface area contributed by atoms with Crippen molar-refractivity contribution in [3.63, 3.8) is 0 Å². The minimum absolute atomic E-state index is 1.07. The molecule has 0 aliphatic carbocycles. The number of hydrogen-bond acceptors (Lipinski definition) is 5. The summed E-state index contributed by atoms with van der Waals surface area (Å²) in [6.45, 7) is 0. The zero-order chi connectivity index (χ0) is 48.8. The molecule has 0 aliphatic heterocycles. The van der Waals surface area contributed by atoms with Crippen molar-refractivity contribution in [2.24, 2.45) is 0 Å². The normalized spacial score (nSPS) is 11.0. The molecule has 0 bridgehead atoms. The quantitative estimate of drug-likeness (QED) is 0.108. The maximum absolute atomic E-state index is 2.46. The molecule has 0 saturated heterocycles. The Kier molecular flexibility index (Phi) is 12.8. The maximum Gasteiger partial charge on any atom is 0.0540 e. The fourth-order valence-corrected chi connectivity index (χ4v) is 11.6. The van der Waals surface area contributed by atoms with Gasteiger partial charge in [0.25, 0.3) is 0 Å². The SMILES string of the molecule is c1ccc(-c2ccc(N(c3ccccc3-c3cscc3-c3ccc(N(c4ccccc4)c4ccccc4)cc3)c3ccccc3-c3cscc3-c3ccc(N(c4ccccc4)c4ccccc4)cc3)cc2)cc1. The van der Waals surface area contributed by atoms with E-state index in [0.29, 0.717) is 0 Å². The second-order valence-electron chi connectivity index (χ2n) is 17.8. The smallest absolute Gasteiger partial charge is 0.0540 e. The highest BCUT2D eigenvalue weighted by atomic mass is 32.1. The van der Waals surface area contributed by atoms with Crippen LogP contribution in [0.3, 0.4) is 0 Å². The molecule has 0 atom stereocenters. The van der Waals surface area contributed by atoms with Gasteiger partial charge in [0.15, 0.2) is 0 Å². The van der Waals surface area contributed by atoms with E-state index in [1.807, 2.05) is 0 Å². The highest BCUT2D eigenvalue weighted by Gasteiger charge is 2.24. The van der Waals surface area contributed by atoms with Crippen LogP contribution in [-0.2, 0) is 0 Å². The van der Waals surface area contributed by atoms with Gasteiger partial charge in [-0.2, -0.15) is 22.7 Å². The molecule has 0 aliphatic rings. The summed E-state index contributed by atoms with van der Waals surface area (Å²) in [4.78, 5) is 7.08. The Morgan fingerprint density at radius 1 is 0.178 bits per heavy atom. The molecule has 12 rings (SSSR count). The summed E-state index contributed by atoms with van der Waals surface area (Å²) in [5.74, 6) is 0. The molecule has 3 nitrogen and oxygen atoms in total. The molecule has 0 spiro atoms. The van der Waals surface area contributed by atoms with Gasteiger partial charge < -0.3 is 14.7 Å². The molecule has 0 radical (unpaired) electrons. The van der Waals surface area contributed by atoms with Gasteiger partial charge in [0.1, 0.15) is 0 Å². The number of hydrogen-bond donors (Lipinski definition) is 0. The summed E-state index contributed by atoms with van der Waals surface area (Å²) in [6.07, 6.45) is 0. The molecule has 0 saturated carbocycles. The van der Waals surface area contributed by atoms with Crippen molar-refractivity contribution in [2.45, 2.75) is 0 Å². The first-order chi connectivity index (χ1) is 36.2. The van der Waals surface area contributed by atoms with Gasteiger partial charge in [-0.25, -0.2) is 0 Å². The third-order valence-electron chi connectivity index (χ3n) is 13.4. The van der Waals surface area contributed by atoms with Gasteiger partial charge in [-0.05, 0) is 141 Å². The van der Waals surface area contributed by atoms with Gasteiger partial charge in [0.2, 0.25) is 0 Å². The second-order valence-corrected chi connectivity index (χ2v) is 19.3. The van der Waals surface area contributed by atoms with Crippen LogP contribution in [-0.4, -0.2) is 0 Å². The predicted molar refractivity (Wildman–Crippen MR) is 313 cm³/mol. The van der Waals surface area contributed by atoms with Crippen LogP contribution in [0, 0.1) is 0 Å². The van der Waals surface area contributed by atoms with Gasteiger partial charge >= 0.3 is 0 Å². The highest BCUT2D eigenvalue weighted by Crippen LogP contribution is 2.50. The number of thiophene rings is 2. The summed E-state index contributed by atoms with van der Waals surface area (Å²) < 4.78 is 0. The van der Waals surface area contributed by atoms with Gasteiger partial charge in [0, 0.05) is 73.2 Å². The van der Waals surface area contributed by atoms with Crippen molar-refractivity contribution >= 4 is 73.9 Å². The molecular weight excluding hydrogens is 923 g/mol. The second kappa shape index (κ2) is 20.8. The van der Waals surface area contributed by atoms with Crippen LogP contribution in [0.1, 0.15) is 0 Å². The summed E-state index contributed by atoms with van der Waals surface area (Å²) in [7, 11) is 0. The molecule has 0 unspecified atom stereocenters. The average Bonchev–Trinajstić information content (AvgIpc) is 4.17. The standard InChI is InChI=1S/C68H49N3S2/c1-6-20-50(21-7-1)51-34-40-60(41-35-51)71(67-32-18-16-30-61(67)65-48-72-46-63(65)52-36-42-58(43-37-52)69(54-22-8-2-9-23-54)55-24-10-3-11-25-55)68-33-19-17-31-62(68)66-49-73-47-64(66)53-38-44-59(45-39-53)70(56-26-12-4-13-27-56)57-28-14-5-15-29-57/h1-49H. The van der Waals surface area contributed by atoms with E-state index in [-0.39, 0.29) is 0 Å². The summed E-state index contributed by atoms with van der Waals surface area (Å²) in [6, 6.07) is 97.8. The molecule has 0 N–H and O–H groups in total. The largest absolute Gasteiger partial charge is 0.311 e. The van der Waals surface area contributed by atoms with Crippen LogP contribution < -0.4 is 14.7 Å². The summed E-state index contributed by atoms with van der Waals surface area (Å²) in [5.41, 5.74) is 21.7. The molecule has 2 aromatic heterocycles.